The maximum absolute atomic E-state index is 11.4. The predicted molar refractivity (Wildman–Crippen MR) is 73.8 cm³/mol. The third kappa shape index (κ3) is 3.19. The SMILES string of the molecule is COc1ccccc1CCn1cc(O)c(=O)c(C(=O)O)n1. The second kappa shape index (κ2) is 6.08. The number of aromatic nitrogens is 2. The predicted octanol–water partition coefficient (Wildman–Crippen LogP) is 0.898. The number of benzene rings is 1. The third-order valence-electron chi connectivity index (χ3n) is 2.95. The first kappa shape index (κ1) is 14.6. The number of aromatic hydroxyl groups is 1. The summed E-state index contributed by atoms with van der Waals surface area (Å²) < 4.78 is 6.44. The molecule has 0 aliphatic heterocycles. The number of carboxylic acids is 1. The Kier molecular flexibility index (Phi) is 4.22. The molecule has 0 unspecified atom stereocenters. The largest absolute Gasteiger partial charge is 0.503 e. The van der Waals surface area contributed by atoms with Gasteiger partial charge in [0, 0.05) is 6.54 Å². The van der Waals surface area contributed by atoms with Crippen molar-refractivity contribution in [3.05, 3.63) is 51.9 Å². The Hall–Kier alpha value is -2.83. The Morgan fingerprint density at radius 2 is 2.10 bits per heavy atom. The molecule has 0 fully saturated rings. The fraction of sp³-hybridized carbons (Fsp3) is 0.214. The summed E-state index contributed by atoms with van der Waals surface area (Å²) >= 11 is 0. The molecule has 21 heavy (non-hydrogen) atoms. The Bertz CT molecular complexity index is 724. The fourth-order valence-electron chi connectivity index (χ4n) is 1.92. The van der Waals surface area contributed by atoms with Gasteiger partial charge < -0.3 is 14.9 Å². The zero-order valence-corrected chi connectivity index (χ0v) is 11.3. The van der Waals surface area contributed by atoms with Gasteiger partial charge in [-0.2, -0.15) is 5.10 Å². The lowest BCUT2D eigenvalue weighted by atomic mass is 10.1. The zero-order chi connectivity index (χ0) is 15.4. The highest BCUT2D eigenvalue weighted by atomic mass is 16.5. The molecule has 0 amide bonds. The molecule has 0 saturated carbocycles. The number of hydrogen-bond acceptors (Lipinski definition) is 5. The lowest BCUT2D eigenvalue weighted by molar-refractivity contribution is 0.0685. The van der Waals surface area contributed by atoms with Crippen molar-refractivity contribution in [1.82, 2.24) is 9.78 Å². The van der Waals surface area contributed by atoms with Gasteiger partial charge in [-0.25, -0.2) is 4.79 Å². The van der Waals surface area contributed by atoms with Gasteiger partial charge in [-0.05, 0) is 18.1 Å². The number of carboxylic acid groups (broad SMARTS) is 1. The van der Waals surface area contributed by atoms with Crippen LogP contribution in [0.5, 0.6) is 11.5 Å². The molecule has 1 heterocycles. The van der Waals surface area contributed by atoms with Crippen molar-refractivity contribution in [3.8, 4) is 11.5 Å². The van der Waals surface area contributed by atoms with Gasteiger partial charge in [-0.15, -0.1) is 0 Å². The number of methoxy groups -OCH3 is 1. The maximum atomic E-state index is 11.4. The average Bonchev–Trinajstić information content (AvgIpc) is 2.48. The van der Waals surface area contributed by atoms with Crippen LogP contribution in [0.25, 0.3) is 0 Å². The molecule has 110 valence electrons. The second-order valence-corrected chi connectivity index (χ2v) is 4.32. The number of nitrogens with zero attached hydrogens (tertiary/aromatic N) is 2. The Balaban J connectivity index is 2.24. The fourth-order valence-corrected chi connectivity index (χ4v) is 1.92. The zero-order valence-electron chi connectivity index (χ0n) is 11.3. The summed E-state index contributed by atoms with van der Waals surface area (Å²) in [6.45, 7) is 0.300. The highest BCUT2D eigenvalue weighted by molar-refractivity contribution is 5.85. The van der Waals surface area contributed by atoms with Crippen molar-refractivity contribution in [1.29, 1.82) is 0 Å². The molecule has 7 heteroatoms. The van der Waals surface area contributed by atoms with Gasteiger partial charge in [0.25, 0.3) is 5.43 Å². The van der Waals surface area contributed by atoms with E-state index in [1.54, 1.807) is 7.11 Å². The van der Waals surface area contributed by atoms with Crippen molar-refractivity contribution < 1.29 is 19.7 Å². The van der Waals surface area contributed by atoms with Crippen molar-refractivity contribution in [2.24, 2.45) is 0 Å². The van der Waals surface area contributed by atoms with E-state index < -0.39 is 22.8 Å². The second-order valence-electron chi connectivity index (χ2n) is 4.32. The van der Waals surface area contributed by atoms with Crippen molar-refractivity contribution in [2.75, 3.05) is 7.11 Å². The number of carbonyl (C=O) groups is 1. The van der Waals surface area contributed by atoms with Crippen LogP contribution in [0, 0.1) is 0 Å². The molecule has 0 bridgehead atoms. The summed E-state index contributed by atoms with van der Waals surface area (Å²) in [6, 6.07) is 7.39. The minimum atomic E-state index is -1.47. The van der Waals surface area contributed by atoms with Gasteiger partial charge in [-0.3, -0.25) is 9.48 Å². The lowest BCUT2D eigenvalue weighted by Crippen LogP contribution is -2.22. The monoisotopic (exact) mass is 290 g/mol. The van der Waals surface area contributed by atoms with Gasteiger partial charge in [-0.1, -0.05) is 18.2 Å². The first-order chi connectivity index (χ1) is 10.0. The molecule has 0 radical (unpaired) electrons. The van der Waals surface area contributed by atoms with Crippen LogP contribution >= 0.6 is 0 Å². The van der Waals surface area contributed by atoms with Crippen LogP contribution in [-0.4, -0.2) is 33.1 Å². The Morgan fingerprint density at radius 3 is 2.76 bits per heavy atom. The molecular formula is C14H14N2O5. The molecular weight excluding hydrogens is 276 g/mol. The average molecular weight is 290 g/mol. The summed E-state index contributed by atoms with van der Waals surface area (Å²) in [5.74, 6) is -1.40. The van der Waals surface area contributed by atoms with Crippen molar-refractivity contribution in [2.45, 2.75) is 13.0 Å². The first-order valence-corrected chi connectivity index (χ1v) is 6.19. The number of ether oxygens (including phenoxy) is 1. The first-order valence-electron chi connectivity index (χ1n) is 6.19. The molecule has 1 aromatic heterocycles. The lowest BCUT2D eigenvalue weighted by Gasteiger charge is -2.10. The van der Waals surface area contributed by atoms with Crippen LogP contribution in [0.3, 0.4) is 0 Å². The van der Waals surface area contributed by atoms with Crippen LogP contribution in [0.1, 0.15) is 16.1 Å². The van der Waals surface area contributed by atoms with E-state index in [0.717, 1.165) is 11.8 Å². The number of para-hydroxylation sites is 1. The molecule has 0 saturated heterocycles. The van der Waals surface area contributed by atoms with E-state index in [0.29, 0.717) is 18.7 Å². The van der Waals surface area contributed by atoms with Crippen molar-refractivity contribution >= 4 is 5.97 Å². The molecule has 7 nitrogen and oxygen atoms in total. The highest BCUT2D eigenvalue weighted by Gasteiger charge is 2.15. The molecule has 0 spiro atoms. The Labute approximate surface area is 120 Å². The third-order valence-corrected chi connectivity index (χ3v) is 2.95. The van der Waals surface area contributed by atoms with Crippen molar-refractivity contribution in [3.63, 3.8) is 0 Å². The van der Waals surface area contributed by atoms with E-state index in [9.17, 15) is 14.7 Å². The van der Waals surface area contributed by atoms with Gasteiger partial charge >= 0.3 is 5.97 Å². The number of hydrogen-bond donors (Lipinski definition) is 2. The van der Waals surface area contributed by atoms with Crippen LogP contribution in [-0.2, 0) is 13.0 Å². The van der Waals surface area contributed by atoms with Crippen LogP contribution in [0.2, 0.25) is 0 Å². The molecule has 0 atom stereocenters. The number of aryl methyl sites for hydroxylation is 2. The van der Waals surface area contributed by atoms with E-state index in [1.807, 2.05) is 24.3 Å². The minimum absolute atomic E-state index is 0.300. The van der Waals surface area contributed by atoms with Crippen LogP contribution < -0.4 is 10.2 Å². The molecule has 2 aromatic rings. The summed E-state index contributed by atoms with van der Waals surface area (Å²) in [7, 11) is 1.56. The quantitative estimate of drug-likeness (QED) is 0.848. The van der Waals surface area contributed by atoms with E-state index in [1.165, 1.54) is 4.68 Å². The molecule has 0 aliphatic rings. The van der Waals surface area contributed by atoms with Gasteiger partial charge in [0.1, 0.15) is 5.75 Å². The van der Waals surface area contributed by atoms with Gasteiger partial charge in [0.2, 0.25) is 5.69 Å². The molecule has 2 rings (SSSR count). The van der Waals surface area contributed by atoms with Crippen LogP contribution in [0.4, 0.5) is 0 Å². The Morgan fingerprint density at radius 1 is 1.38 bits per heavy atom. The summed E-state index contributed by atoms with van der Waals surface area (Å²) in [6.07, 6.45) is 1.63. The minimum Gasteiger partial charge on any atom is -0.503 e. The summed E-state index contributed by atoms with van der Waals surface area (Å²) in [5.41, 5.74) is -0.775. The van der Waals surface area contributed by atoms with E-state index >= 15 is 0 Å². The van der Waals surface area contributed by atoms with Gasteiger partial charge in [0.15, 0.2) is 5.75 Å². The number of rotatable bonds is 5. The standard InChI is InChI=1S/C14H14N2O5/c1-21-11-5-3-2-4-9(11)6-7-16-8-10(17)13(18)12(15-16)14(19)20/h2-5,8,17H,6-7H2,1H3,(H,19,20). The summed E-state index contributed by atoms with van der Waals surface area (Å²) in [5, 5.41) is 22.0. The normalized spacial score (nSPS) is 10.3. The van der Waals surface area contributed by atoms with E-state index in [-0.39, 0.29) is 0 Å². The highest BCUT2D eigenvalue weighted by Crippen LogP contribution is 2.18. The maximum Gasteiger partial charge on any atom is 0.360 e. The van der Waals surface area contributed by atoms with E-state index in [4.69, 9.17) is 9.84 Å². The smallest absolute Gasteiger partial charge is 0.360 e. The molecule has 0 aliphatic carbocycles. The molecule has 1 aromatic carbocycles. The van der Waals surface area contributed by atoms with Gasteiger partial charge in [0.05, 0.1) is 13.3 Å². The topological polar surface area (TPSA) is 102 Å². The van der Waals surface area contributed by atoms with E-state index in [2.05, 4.69) is 5.10 Å². The number of aromatic carboxylic acids is 1. The summed E-state index contributed by atoms with van der Waals surface area (Å²) in [4.78, 5) is 22.3. The van der Waals surface area contributed by atoms with Crippen LogP contribution in [0.15, 0.2) is 35.3 Å². The molecule has 2 N–H and O–H groups in total.